The Kier molecular flexibility index (Phi) is 5.49. The zero-order valence-electron chi connectivity index (χ0n) is 11.8. The third-order valence-electron chi connectivity index (χ3n) is 3.42. The van der Waals surface area contributed by atoms with Gasteiger partial charge in [-0.15, -0.1) is 0 Å². The maximum atomic E-state index is 2.48. The summed E-state index contributed by atoms with van der Waals surface area (Å²) < 4.78 is 0. The Morgan fingerprint density at radius 1 is 0.684 bits per heavy atom. The highest BCUT2D eigenvalue weighted by Crippen LogP contribution is 2.18. The minimum absolute atomic E-state index is 1.24. The minimum Gasteiger partial charge on any atom is -0.372 e. The third-order valence-corrected chi connectivity index (χ3v) is 3.42. The number of hydrogen-bond donors (Lipinski definition) is 0. The first-order chi connectivity index (χ1) is 9.36. The zero-order valence-corrected chi connectivity index (χ0v) is 11.8. The van der Waals surface area contributed by atoms with E-state index in [0.717, 1.165) is 0 Å². The second-order valence-corrected chi connectivity index (χ2v) is 5.04. The van der Waals surface area contributed by atoms with E-state index in [9.17, 15) is 0 Å². The predicted octanol–water partition coefficient (Wildman–Crippen LogP) is 4.67. The molecule has 1 aliphatic rings. The number of hydrogen-bond acceptors (Lipinski definition) is 1. The van der Waals surface area contributed by atoms with Crippen molar-refractivity contribution in [2.24, 2.45) is 0 Å². The van der Waals surface area contributed by atoms with Crippen LogP contribution in [0.15, 0.2) is 60.7 Å². The van der Waals surface area contributed by atoms with E-state index in [-0.39, 0.29) is 0 Å². The normalized spacial score (nSPS) is 14.5. The van der Waals surface area contributed by atoms with Crippen LogP contribution < -0.4 is 4.90 Å². The average molecular weight is 253 g/mol. The van der Waals surface area contributed by atoms with Crippen molar-refractivity contribution in [1.82, 2.24) is 0 Å². The summed E-state index contributed by atoms with van der Waals surface area (Å²) in [6.07, 6.45) is 4.12. The molecule has 0 unspecified atom stereocenters. The van der Waals surface area contributed by atoms with Gasteiger partial charge in [0, 0.05) is 18.8 Å². The van der Waals surface area contributed by atoms with Gasteiger partial charge >= 0.3 is 0 Å². The highest BCUT2D eigenvalue weighted by atomic mass is 15.1. The zero-order chi connectivity index (χ0) is 13.3. The van der Waals surface area contributed by atoms with Gasteiger partial charge in [-0.1, -0.05) is 54.1 Å². The first-order valence-electron chi connectivity index (χ1n) is 7.18. The van der Waals surface area contributed by atoms with Crippen LogP contribution in [0.3, 0.4) is 0 Å². The van der Waals surface area contributed by atoms with Crippen LogP contribution in [0.2, 0.25) is 0 Å². The van der Waals surface area contributed by atoms with E-state index in [4.69, 9.17) is 0 Å². The van der Waals surface area contributed by atoms with Crippen LogP contribution in [0.1, 0.15) is 24.8 Å². The van der Waals surface area contributed by atoms with Crippen LogP contribution >= 0.6 is 0 Å². The fraction of sp³-hybridized carbons (Fsp3) is 0.333. The number of nitrogens with zero attached hydrogens (tertiary/aromatic N) is 1. The number of benzene rings is 2. The number of piperidine rings is 1. The van der Waals surface area contributed by atoms with E-state index in [1.807, 2.05) is 18.2 Å². The Balaban J connectivity index is 0.000000163. The fourth-order valence-electron chi connectivity index (χ4n) is 2.33. The monoisotopic (exact) mass is 253 g/mol. The molecule has 0 saturated carbocycles. The fourth-order valence-corrected chi connectivity index (χ4v) is 2.33. The Bertz CT molecular complexity index is 444. The van der Waals surface area contributed by atoms with Crippen molar-refractivity contribution in [1.29, 1.82) is 0 Å². The third kappa shape index (κ3) is 4.78. The largest absolute Gasteiger partial charge is 0.372 e. The Labute approximate surface area is 116 Å². The van der Waals surface area contributed by atoms with Gasteiger partial charge in [0.1, 0.15) is 0 Å². The van der Waals surface area contributed by atoms with Gasteiger partial charge in [-0.25, -0.2) is 0 Å². The molecule has 1 aliphatic heterocycles. The molecule has 1 heterocycles. The maximum Gasteiger partial charge on any atom is 0.0366 e. The topological polar surface area (TPSA) is 3.24 Å². The van der Waals surface area contributed by atoms with Gasteiger partial charge in [0.25, 0.3) is 0 Å². The highest BCUT2D eigenvalue weighted by Gasteiger charge is 2.09. The van der Waals surface area contributed by atoms with Gasteiger partial charge in [-0.05, 0) is 38.3 Å². The Morgan fingerprint density at radius 3 is 1.68 bits per heavy atom. The molecule has 0 N–H and O–H groups in total. The standard InChI is InChI=1S/C11H15N.C7H8/c1-3-7-11(8-4-1)12-9-5-2-6-10-12;1-7-5-3-2-4-6-7/h1,3-4,7-8H,2,5-6,9-10H2;2-6H,1H3. The van der Waals surface area contributed by atoms with Crippen LogP contribution in [0.5, 0.6) is 0 Å². The summed E-state index contributed by atoms with van der Waals surface area (Å²) in [5.41, 5.74) is 2.71. The quantitative estimate of drug-likeness (QED) is 0.713. The summed E-state index contributed by atoms with van der Waals surface area (Å²) in [5.74, 6) is 0. The van der Waals surface area contributed by atoms with E-state index in [2.05, 4.69) is 54.3 Å². The van der Waals surface area contributed by atoms with Gasteiger partial charge in [0.15, 0.2) is 0 Å². The van der Waals surface area contributed by atoms with Crippen LogP contribution in [0.4, 0.5) is 5.69 Å². The molecule has 100 valence electrons. The molecule has 0 amide bonds. The molecule has 0 aromatic heterocycles. The van der Waals surface area contributed by atoms with Crippen LogP contribution in [0, 0.1) is 6.92 Å². The van der Waals surface area contributed by atoms with Crippen molar-refractivity contribution in [2.45, 2.75) is 26.2 Å². The summed E-state index contributed by atoms with van der Waals surface area (Å²) >= 11 is 0. The lowest BCUT2D eigenvalue weighted by Crippen LogP contribution is -2.29. The molecule has 2 aromatic rings. The summed E-state index contributed by atoms with van der Waals surface area (Å²) in [6, 6.07) is 21.0. The van der Waals surface area contributed by atoms with Crippen LogP contribution in [-0.4, -0.2) is 13.1 Å². The number of rotatable bonds is 1. The van der Waals surface area contributed by atoms with Gasteiger partial charge in [0.2, 0.25) is 0 Å². The minimum atomic E-state index is 1.24. The van der Waals surface area contributed by atoms with Crippen molar-refractivity contribution in [3.8, 4) is 0 Å². The Hall–Kier alpha value is -1.76. The molecule has 1 saturated heterocycles. The van der Waals surface area contributed by atoms with Crippen molar-refractivity contribution < 1.29 is 0 Å². The van der Waals surface area contributed by atoms with E-state index >= 15 is 0 Å². The van der Waals surface area contributed by atoms with E-state index in [1.165, 1.54) is 43.6 Å². The predicted molar refractivity (Wildman–Crippen MR) is 83.7 cm³/mol. The summed E-state index contributed by atoms with van der Waals surface area (Å²) in [6.45, 7) is 4.56. The molecule has 1 fully saturated rings. The molecule has 2 aromatic carbocycles. The van der Waals surface area contributed by atoms with Crippen molar-refractivity contribution >= 4 is 5.69 Å². The van der Waals surface area contributed by atoms with Gasteiger partial charge in [-0.3, -0.25) is 0 Å². The van der Waals surface area contributed by atoms with Crippen molar-refractivity contribution in [2.75, 3.05) is 18.0 Å². The summed E-state index contributed by atoms with van der Waals surface area (Å²) in [4.78, 5) is 2.48. The van der Waals surface area contributed by atoms with Crippen LogP contribution in [-0.2, 0) is 0 Å². The molecule has 0 atom stereocenters. The van der Waals surface area contributed by atoms with E-state index < -0.39 is 0 Å². The summed E-state index contributed by atoms with van der Waals surface area (Å²) in [5, 5.41) is 0. The summed E-state index contributed by atoms with van der Waals surface area (Å²) in [7, 11) is 0. The molecule has 1 nitrogen and oxygen atoms in total. The lowest BCUT2D eigenvalue weighted by molar-refractivity contribution is 0.578. The van der Waals surface area contributed by atoms with Crippen molar-refractivity contribution in [3.05, 3.63) is 66.2 Å². The molecule has 0 spiro atoms. The van der Waals surface area contributed by atoms with Crippen LogP contribution in [0.25, 0.3) is 0 Å². The highest BCUT2D eigenvalue weighted by molar-refractivity contribution is 5.46. The van der Waals surface area contributed by atoms with E-state index in [0.29, 0.717) is 0 Å². The molecule has 3 rings (SSSR count). The second-order valence-electron chi connectivity index (χ2n) is 5.04. The first kappa shape index (κ1) is 13.7. The average Bonchev–Trinajstić information content (AvgIpc) is 2.51. The lowest BCUT2D eigenvalue weighted by atomic mass is 10.1. The SMILES string of the molecule is Cc1ccccc1.c1ccc(N2CCCCC2)cc1. The maximum absolute atomic E-state index is 2.48. The lowest BCUT2D eigenvalue weighted by Gasteiger charge is -2.28. The number of anilines is 1. The molecular weight excluding hydrogens is 230 g/mol. The van der Waals surface area contributed by atoms with Gasteiger partial charge in [0.05, 0.1) is 0 Å². The van der Waals surface area contributed by atoms with E-state index in [1.54, 1.807) is 0 Å². The first-order valence-corrected chi connectivity index (χ1v) is 7.18. The Morgan fingerprint density at radius 2 is 1.21 bits per heavy atom. The van der Waals surface area contributed by atoms with Gasteiger partial charge in [-0.2, -0.15) is 0 Å². The molecule has 0 bridgehead atoms. The number of aryl methyl sites for hydroxylation is 1. The number of para-hydroxylation sites is 1. The van der Waals surface area contributed by atoms with Crippen molar-refractivity contribution in [3.63, 3.8) is 0 Å². The molecular formula is C18H23N. The molecule has 19 heavy (non-hydrogen) atoms. The molecule has 0 radical (unpaired) electrons. The smallest absolute Gasteiger partial charge is 0.0366 e. The van der Waals surface area contributed by atoms with Gasteiger partial charge < -0.3 is 4.90 Å². The molecule has 0 aliphatic carbocycles. The molecule has 1 heteroatoms. The second kappa shape index (κ2) is 7.63.